The summed E-state index contributed by atoms with van der Waals surface area (Å²) in [7, 11) is 0. The Hall–Kier alpha value is -3.06. The number of cyclic esters (lactones) is 1. The summed E-state index contributed by atoms with van der Waals surface area (Å²) in [6.07, 6.45) is 4.95. The van der Waals surface area contributed by atoms with Gasteiger partial charge in [0.25, 0.3) is 5.69 Å². The minimum atomic E-state index is -0.548. The molecule has 0 saturated carbocycles. The molecule has 7 heteroatoms. The summed E-state index contributed by atoms with van der Waals surface area (Å²) >= 11 is 1.57. The van der Waals surface area contributed by atoms with Crippen LogP contribution in [0.1, 0.15) is 11.1 Å². The molecule has 1 aromatic carbocycles. The Morgan fingerprint density at radius 2 is 1.91 bits per heavy atom. The number of carbonyl (C=O) groups excluding carboxylic acids is 1. The van der Waals surface area contributed by atoms with Gasteiger partial charge in [-0.3, -0.25) is 10.1 Å². The molecular weight excluding hydrogens is 316 g/mol. The van der Waals surface area contributed by atoms with Crippen molar-refractivity contribution in [2.24, 2.45) is 4.99 Å². The number of hydrogen-bond acceptors (Lipinski definition) is 6. The van der Waals surface area contributed by atoms with Crippen molar-refractivity contribution in [3.8, 4) is 0 Å². The van der Waals surface area contributed by atoms with Crippen LogP contribution in [0.15, 0.2) is 57.9 Å². The van der Waals surface area contributed by atoms with Gasteiger partial charge in [0.15, 0.2) is 5.70 Å². The van der Waals surface area contributed by atoms with E-state index in [4.69, 9.17) is 4.74 Å². The lowest BCUT2D eigenvalue weighted by Gasteiger charge is -1.94. The van der Waals surface area contributed by atoms with Crippen molar-refractivity contribution in [3.05, 3.63) is 74.1 Å². The molecule has 6 nitrogen and oxygen atoms in total. The van der Waals surface area contributed by atoms with E-state index in [0.717, 1.165) is 5.56 Å². The van der Waals surface area contributed by atoms with E-state index >= 15 is 0 Å². The number of nitro groups is 1. The third-order valence-corrected chi connectivity index (χ3v) is 3.71. The van der Waals surface area contributed by atoms with Gasteiger partial charge in [0.2, 0.25) is 5.90 Å². The van der Waals surface area contributed by atoms with Crippen molar-refractivity contribution >= 4 is 41.0 Å². The third-order valence-electron chi connectivity index (χ3n) is 3.01. The number of nitrogens with zero attached hydrogens (tertiary/aromatic N) is 2. The largest absolute Gasteiger partial charge is 0.403 e. The van der Waals surface area contributed by atoms with Crippen LogP contribution in [-0.2, 0) is 9.53 Å². The molecule has 1 aromatic heterocycles. The van der Waals surface area contributed by atoms with Crippen molar-refractivity contribution in [1.29, 1.82) is 0 Å². The molecule has 3 rings (SSSR count). The average Bonchev–Trinajstić information content (AvgIpc) is 3.16. The zero-order valence-electron chi connectivity index (χ0n) is 11.7. The molecule has 0 atom stereocenters. The lowest BCUT2D eigenvalue weighted by atomic mass is 10.2. The zero-order valence-corrected chi connectivity index (χ0v) is 12.5. The highest BCUT2D eigenvalue weighted by Crippen LogP contribution is 2.19. The molecule has 0 aliphatic carbocycles. The summed E-state index contributed by atoms with van der Waals surface area (Å²) in [6, 6.07) is 7.77. The molecular formula is C16H10N2O4S. The van der Waals surface area contributed by atoms with Crippen LogP contribution in [0.4, 0.5) is 5.69 Å². The second-order valence-electron chi connectivity index (χ2n) is 4.61. The fraction of sp³-hybridized carbons (Fsp3) is 0. The molecule has 0 bridgehead atoms. The fourth-order valence-electron chi connectivity index (χ4n) is 1.88. The highest BCUT2D eigenvalue weighted by molar-refractivity contribution is 7.08. The van der Waals surface area contributed by atoms with Gasteiger partial charge >= 0.3 is 5.97 Å². The van der Waals surface area contributed by atoms with E-state index in [0.29, 0.717) is 5.56 Å². The quantitative estimate of drug-likeness (QED) is 0.371. The molecule has 0 spiro atoms. The van der Waals surface area contributed by atoms with E-state index in [9.17, 15) is 14.9 Å². The predicted octanol–water partition coefficient (Wildman–Crippen LogP) is 3.67. The fourth-order valence-corrected chi connectivity index (χ4v) is 2.51. The van der Waals surface area contributed by atoms with Gasteiger partial charge in [-0.1, -0.05) is 0 Å². The first kappa shape index (κ1) is 14.9. The van der Waals surface area contributed by atoms with Gasteiger partial charge in [-0.2, -0.15) is 11.3 Å². The lowest BCUT2D eigenvalue weighted by Crippen LogP contribution is -2.01. The van der Waals surface area contributed by atoms with Gasteiger partial charge in [0, 0.05) is 18.2 Å². The normalized spacial score (nSPS) is 15.9. The summed E-state index contributed by atoms with van der Waals surface area (Å²) in [5, 5.41) is 14.5. The summed E-state index contributed by atoms with van der Waals surface area (Å²) in [5.74, 6) is -0.331. The Bertz CT molecular complexity index is 833. The number of rotatable bonds is 4. The first-order chi connectivity index (χ1) is 11.1. The number of esters is 1. The average molecular weight is 326 g/mol. The maximum atomic E-state index is 11.8. The number of hydrogen-bond donors (Lipinski definition) is 0. The molecule has 0 radical (unpaired) electrons. The van der Waals surface area contributed by atoms with E-state index in [1.54, 1.807) is 35.6 Å². The van der Waals surface area contributed by atoms with Gasteiger partial charge in [-0.25, -0.2) is 9.79 Å². The summed E-state index contributed by atoms with van der Waals surface area (Å²) in [5.41, 5.74) is 1.78. The van der Waals surface area contributed by atoms with Crippen molar-refractivity contribution in [2.45, 2.75) is 0 Å². The lowest BCUT2D eigenvalue weighted by molar-refractivity contribution is -0.384. The molecule has 0 unspecified atom stereocenters. The van der Waals surface area contributed by atoms with Gasteiger partial charge in [-0.15, -0.1) is 0 Å². The van der Waals surface area contributed by atoms with Crippen LogP contribution in [0.25, 0.3) is 12.2 Å². The maximum Gasteiger partial charge on any atom is 0.363 e. The van der Waals surface area contributed by atoms with Gasteiger partial charge in [-0.05, 0) is 52.2 Å². The smallest absolute Gasteiger partial charge is 0.363 e. The number of thiophene rings is 1. The summed E-state index contributed by atoms with van der Waals surface area (Å²) in [4.78, 5) is 26.0. The van der Waals surface area contributed by atoms with Crippen LogP contribution in [0.3, 0.4) is 0 Å². The van der Waals surface area contributed by atoms with Crippen molar-refractivity contribution < 1.29 is 14.5 Å². The molecule has 0 fully saturated rings. The van der Waals surface area contributed by atoms with Crippen LogP contribution >= 0.6 is 11.3 Å². The van der Waals surface area contributed by atoms with E-state index in [1.807, 2.05) is 16.8 Å². The number of non-ortho nitro benzene ring substituents is 1. The molecule has 0 N–H and O–H groups in total. The van der Waals surface area contributed by atoms with E-state index in [-0.39, 0.29) is 17.3 Å². The summed E-state index contributed by atoms with van der Waals surface area (Å²) in [6.45, 7) is 0. The maximum absolute atomic E-state index is 11.8. The number of nitro benzene ring substituents is 1. The first-order valence-corrected chi connectivity index (χ1v) is 7.53. The van der Waals surface area contributed by atoms with Gasteiger partial charge in [0.1, 0.15) is 0 Å². The zero-order chi connectivity index (χ0) is 16.2. The minimum absolute atomic E-state index is 0.0102. The highest BCUT2D eigenvalue weighted by Gasteiger charge is 2.21. The van der Waals surface area contributed by atoms with Gasteiger partial charge < -0.3 is 4.74 Å². The first-order valence-electron chi connectivity index (χ1n) is 6.59. The van der Waals surface area contributed by atoms with Crippen LogP contribution in [0.5, 0.6) is 0 Å². The van der Waals surface area contributed by atoms with Gasteiger partial charge in [0.05, 0.1) is 4.92 Å². The Kier molecular flexibility index (Phi) is 4.11. The number of benzene rings is 1. The highest BCUT2D eigenvalue weighted by atomic mass is 32.1. The monoisotopic (exact) mass is 326 g/mol. The summed E-state index contributed by atoms with van der Waals surface area (Å²) < 4.78 is 5.06. The van der Waals surface area contributed by atoms with Crippen LogP contribution in [0, 0.1) is 10.1 Å². The van der Waals surface area contributed by atoms with E-state index in [1.165, 1.54) is 18.2 Å². The number of carbonyl (C=O) groups is 1. The second kappa shape index (κ2) is 6.37. The number of ether oxygens (including phenoxy) is 1. The van der Waals surface area contributed by atoms with Crippen LogP contribution in [-0.4, -0.2) is 16.8 Å². The Balaban J connectivity index is 1.79. The van der Waals surface area contributed by atoms with E-state index < -0.39 is 10.9 Å². The molecule has 1 aliphatic heterocycles. The Labute approximate surface area is 135 Å². The van der Waals surface area contributed by atoms with Crippen LogP contribution in [0.2, 0.25) is 0 Å². The van der Waals surface area contributed by atoms with Crippen molar-refractivity contribution in [2.75, 3.05) is 0 Å². The van der Waals surface area contributed by atoms with Crippen molar-refractivity contribution in [1.82, 2.24) is 0 Å². The Morgan fingerprint density at radius 3 is 2.57 bits per heavy atom. The topological polar surface area (TPSA) is 81.8 Å². The molecule has 2 heterocycles. The molecule has 114 valence electrons. The molecule has 1 aliphatic rings. The second-order valence-corrected chi connectivity index (χ2v) is 5.39. The third kappa shape index (κ3) is 3.58. The SMILES string of the molecule is O=C1OC(/C=C/c2ccsc2)=NC1=Cc1ccc([N+](=O)[O-])cc1. The molecule has 0 saturated heterocycles. The number of aliphatic imine (C=N–C) groups is 1. The Morgan fingerprint density at radius 1 is 1.13 bits per heavy atom. The molecule has 23 heavy (non-hydrogen) atoms. The van der Waals surface area contributed by atoms with E-state index in [2.05, 4.69) is 4.99 Å². The molecule has 2 aromatic rings. The minimum Gasteiger partial charge on any atom is -0.403 e. The predicted molar refractivity (Wildman–Crippen MR) is 88.0 cm³/mol. The van der Waals surface area contributed by atoms with Crippen LogP contribution < -0.4 is 0 Å². The standard InChI is InChI=1S/C16H10N2O4S/c19-16-14(9-11-1-4-13(5-2-11)18(20)21)17-15(22-16)6-3-12-7-8-23-10-12/h1-10H/b6-3+,14-9?. The molecule has 0 amide bonds. The van der Waals surface area contributed by atoms with Crippen molar-refractivity contribution in [3.63, 3.8) is 0 Å².